The standard InChI is InChI=1S/C18H19F3N6O2S/c1-30(28,29)22-11-4-12-27-25-17(24-26-27)15-5-2-3-6-16(15)23-14-9-7-13(8-10-14)18(19,20)21/h2-3,5-10,22-23H,4,11-12H2,1H3. The molecule has 0 radical (unpaired) electrons. The van der Waals surface area contributed by atoms with E-state index in [-0.39, 0.29) is 6.54 Å². The van der Waals surface area contributed by atoms with Gasteiger partial charge in [0.2, 0.25) is 15.8 Å². The highest BCUT2D eigenvalue weighted by Gasteiger charge is 2.29. The van der Waals surface area contributed by atoms with Crippen molar-refractivity contribution in [3.8, 4) is 11.4 Å². The SMILES string of the molecule is CS(=O)(=O)NCCCn1nnc(-c2ccccc2Nc2ccc(C(F)(F)F)cc2)n1. The van der Waals surface area contributed by atoms with Crippen LogP contribution in [-0.4, -0.2) is 41.4 Å². The van der Waals surface area contributed by atoms with Crippen molar-refractivity contribution in [1.82, 2.24) is 24.9 Å². The number of aromatic nitrogens is 4. The first kappa shape index (κ1) is 21.7. The van der Waals surface area contributed by atoms with Crippen molar-refractivity contribution >= 4 is 21.4 Å². The number of aryl methyl sites for hydroxylation is 1. The Bertz CT molecular complexity index is 1100. The lowest BCUT2D eigenvalue weighted by atomic mass is 10.1. The van der Waals surface area contributed by atoms with Crippen LogP contribution in [0.3, 0.4) is 0 Å². The molecule has 2 N–H and O–H groups in total. The van der Waals surface area contributed by atoms with Gasteiger partial charge in [0.05, 0.1) is 18.4 Å². The average Bonchev–Trinajstić information content (AvgIpc) is 3.13. The molecule has 0 amide bonds. The fraction of sp³-hybridized carbons (Fsp3) is 0.278. The third kappa shape index (κ3) is 6.00. The highest BCUT2D eigenvalue weighted by Crippen LogP contribution is 2.32. The topological polar surface area (TPSA) is 102 Å². The van der Waals surface area contributed by atoms with Gasteiger partial charge in [0.15, 0.2) is 0 Å². The molecule has 1 heterocycles. The van der Waals surface area contributed by atoms with E-state index in [0.717, 1.165) is 18.4 Å². The zero-order chi connectivity index (χ0) is 21.8. The molecule has 0 aliphatic carbocycles. The Labute approximate surface area is 171 Å². The normalized spacial score (nSPS) is 12.1. The van der Waals surface area contributed by atoms with Crippen LogP contribution in [-0.2, 0) is 22.7 Å². The first-order chi connectivity index (χ1) is 14.1. The number of tetrazole rings is 1. The van der Waals surface area contributed by atoms with Crippen LogP contribution in [0.25, 0.3) is 11.4 Å². The van der Waals surface area contributed by atoms with Gasteiger partial charge in [0.1, 0.15) is 0 Å². The monoisotopic (exact) mass is 440 g/mol. The second kappa shape index (κ2) is 8.79. The van der Waals surface area contributed by atoms with Crippen molar-refractivity contribution in [2.24, 2.45) is 0 Å². The number of para-hydroxylation sites is 1. The molecule has 0 atom stereocenters. The first-order valence-corrected chi connectivity index (χ1v) is 10.8. The van der Waals surface area contributed by atoms with Gasteiger partial charge < -0.3 is 5.32 Å². The summed E-state index contributed by atoms with van der Waals surface area (Å²) in [5, 5.41) is 15.3. The van der Waals surface area contributed by atoms with E-state index in [4.69, 9.17) is 0 Å². The summed E-state index contributed by atoms with van der Waals surface area (Å²) in [6.07, 6.45) is -2.83. The summed E-state index contributed by atoms with van der Waals surface area (Å²) < 4.78 is 62.7. The predicted octanol–water partition coefficient (Wildman–Crippen LogP) is 3.04. The molecule has 0 saturated heterocycles. The van der Waals surface area contributed by atoms with Crippen LogP contribution in [0.4, 0.5) is 24.5 Å². The maximum atomic E-state index is 12.7. The van der Waals surface area contributed by atoms with Gasteiger partial charge >= 0.3 is 6.18 Å². The Hall–Kier alpha value is -2.99. The van der Waals surface area contributed by atoms with Crippen molar-refractivity contribution in [1.29, 1.82) is 0 Å². The second-order valence-corrected chi connectivity index (χ2v) is 8.31. The van der Waals surface area contributed by atoms with Crippen molar-refractivity contribution in [3.63, 3.8) is 0 Å². The highest BCUT2D eigenvalue weighted by atomic mass is 32.2. The van der Waals surface area contributed by atoms with Gasteiger partial charge in [0, 0.05) is 23.5 Å². The van der Waals surface area contributed by atoms with Crippen LogP contribution in [0.5, 0.6) is 0 Å². The molecule has 0 bridgehead atoms. The molecular formula is C18H19F3N6O2S. The van der Waals surface area contributed by atoms with E-state index in [0.29, 0.717) is 35.7 Å². The van der Waals surface area contributed by atoms with E-state index in [2.05, 4.69) is 25.4 Å². The number of alkyl halides is 3. The van der Waals surface area contributed by atoms with Gasteiger partial charge in [-0.25, -0.2) is 13.1 Å². The lowest BCUT2D eigenvalue weighted by Crippen LogP contribution is -2.24. The lowest BCUT2D eigenvalue weighted by Gasteiger charge is -2.11. The number of hydrogen-bond donors (Lipinski definition) is 2. The molecule has 3 rings (SSSR count). The largest absolute Gasteiger partial charge is 0.416 e. The van der Waals surface area contributed by atoms with Crippen LogP contribution in [0.2, 0.25) is 0 Å². The fourth-order valence-corrected chi connectivity index (χ4v) is 3.12. The molecule has 0 unspecified atom stereocenters. The van der Waals surface area contributed by atoms with Gasteiger partial charge in [0.25, 0.3) is 0 Å². The number of halogens is 3. The summed E-state index contributed by atoms with van der Waals surface area (Å²) in [7, 11) is -3.25. The van der Waals surface area contributed by atoms with E-state index in [1.165, 1.54) is 16.9 Å². The van der Waals surface area contributed by atoms with Crippen LogP contribution in [0.15, 0.2) is 48.5 Å². The number of rotatable bonds is 8. The van der Waals surface area contributed by atoms with E-state index in [1.807, 2.05) is 0 Å². The van der Waals surface area contributed by atoms with Crippen LogP contribution >= 0.6 is 0 Å². The molecule has 0 saturated carbocycles. The van der Waals surface area contributed by atoms with Gasteiger partial charge in [-0.1, -0.05) is 12.1 Å². The Morgan fingerprint density at radius 2 is 1.77 bits per heavy atom. The van der Waals surface area contributed by atoms with Crippen molar-refractivity contribution < 1.29 is 21.6 Å². The second-order valence-electron chi connectivity index (χ2n) is 6.47. The number of benzene rings is 2. The lowest BCUT2D eigenvalue weighted by molar-refractivity contribution is -0.137. The molecule has 160 valence electrons. The minimum atomic E-state index is -4.39. The number of hydrogen-bond acceptors (Lipinski definition) is 6. The molecule has 30 heavy (non-hydrogen) atoms. The summed E-state index contributed by atoms with van der Waals surface area (Å²) >= 11 is 0. The molecule has 3 aromatic rings. The minimum Gasteiger partial charge on any atom is -0.355 e. The Kier molecular flexibility index (Phi) is 6.37. The zero-order valence-electron chi connectivity index (χ0n) is 15.9. The maximum Gasteiger partial charge on any atom is 0.416 e. The van der Waals surface area contributed by atoms with Crippen LogP contribution in [0, 0.1) is 0 Å². The number of nitrogens with one attached hydrogen (secondary N) is 2. The van der Waals surface area contributed by atoms with Crippen molar-refractivity contribution in [2.75, 3.05) is 18.1 Å². The summed E-state index contributed by atoms with van der Waals surface area (Å²) in [6, 6.07) is 11.8. The van der Waals surface area contributed by atoms with Crippen molar-refractivity contribution in [2.45, 2.75) is 19.1 Å². The van der Waals surface area contributed by atoms with E-state index < -0.39 is 21.8 Å². The third-order valence-electron chi connectivity index (χ3n) is 4.01. The molecular weight excluding hydrogens is 421 g/mol. The maximum absolute atomic E-state index is 12.7. The molecule has 0 spiro atoms. The number of nitrogens with zero attached hydrogens (tertiary/aromatic N) is 4. The molecule has 0 aliphatic rings. The first-order valence-electron chi connectivity index (χ1n) is 8.88. The Balaban J connectivity index is 1.70. The van der Waals surface area contributed by atoms with Gasteiger partial charge in [-0.05, 0) is 48.0 Å². The van der Waals surface area contributed by atoms with Crippen molar-refractivity contribution in [3.05, 3.63) is 54.1 Å². The van der Waals surface area contributed by atoms with Gasteiger partial charge in [-0.2, -0.15) is 18.0 Å². The average molecular weight is 440 g/mol. The number of sulfonamides is 1. The third-order valence-corrected chi connectivity index (χ3v) is 4.74. The van der Waals surface area contributed by atoms with Gasteiger partial charge in [-0.3, -0.25) is 0 Å². The molecule has 1 aromatic heterocycles. The fourth-order valence-electron chi connectivity index (χ4n) is 2.61. The van der Waals surface area contributed by atoms with E-state index >= 15 is 0 Å². The van der Waals surface area contributed by atoms with Gasteiger partial charge in [-0.15, -0.1) is 10.2 Å². The summed E-state index contributed by atoms with van der Waals surface area (Å²) in [6.45, 7) is 0.617. The van der Waals surface area contributed by atoms with E-state index in [1.54, 1.807) is 24.3 Å². The molecule has 0 fully saturated rings. The minimum absolute atomic E-state index is 0.252. The van der Waals surface area contributed by atoms with E-state index in [9.17, 15) is 21.6 Å². The Morgan fingerprint density at radius 3 is 2.43 bits per heavy atom. The smallest absolute Gasteiger partial charge is 0.355 e. The highest BCUT2D eigenvalue weighted by molar-refractivity contribution is 7.88. The molecule has 2 aromatic carbocycles. The quantitative estimate of drug-likeness (QED) is 0.522. The van der Waals surface area contributed by atoms with Crippen LogP contribution in [0.1, 0.15) is 12.0 Å². The Morgan fingerprint density at radius 1 is 1.07 bits per heavy atom. The zero-order valence-corrected chi connectivity index (χ0v) is 16.7. The summed E-state index contributed by atoms with van der Waals surface area (Å²) in [4.78, 5) is 1.36. The molecule has 8 nitrogen and oxygen atoms in total. The molecule has 12 heteroatoms. The summed E-state index contributed by atoms with van der Waals surface area (Å²) in [5.41, 5.74) is 0.986. The molecule has 0 aliphatic heterocycles. The number of anilines is 2. The van der Waals surface area contributed by atoms with Crippen LogP contribution < -0.4 is 10.0 Å². The predicted molar refractivity (Wildman–Crippen MR) is 105 cm³/mol. The summed E-state index contributed by atoms with van der Waals surface area (Å²) in [5.74, 6) is 0.334.